The molecule has 0 N–H and O–H groups in total. The van der Waals surface area contributed by atoms with Crippen molar-refractivity contribution in [3.63, 3.8) is 0 Å². The fourth-order valence-electron chi connectivity index (χ4n) is 12.0. The number of hydrogen-bond acceptors (Lipinski definition) is 3. The van der Waals surface area contributed by atoms with Gasteiger partial charge < -0.3 is 4.42 Å². The summed E-state index contributed by atoms with van der Waals surface area (Å²) in [7, 11) is 0. The van der Waals surface area contributed by atoms with Gasteiger partial charge in [-0.1, -0.05) is 78.9 Å². The normalized spacial score (nSPS) is 29.5. The number of aromatic nitrogens is 2. The van der Waals surface area contributed by atoms with Crippen LogP contribution in [0.4, 0.5) is 0 Å². The van der Waals surface area contributed by atoms with E-state index in [9.17, 15) is 0 Å². The van der Waals surface area contributed by atoms with Crippen LogP contribution in [0, 0.1) is 29.1 Å². The molecule has 2 heterocycles. The molecular formula is C43H32N2O. The van der Waals surface area contributed by atoms with E-state index in [0.29, 0.717) is 11.1 Å². The van der Waals surface area contributed by atoms with E-state index >= 15 is 0 Å². The lowest BCUT2D eigenvalue weighted by atomic mass is 9.38. The van der Waals surface area contributed by atoms with Crippen LogP contribution in [-0.4, -0.2) is 9.97 Å². The molecule has 2 spiro atoms. The molecule has 4 fully saturated rings. The van der Waals surface area contributed by atoms with Crippen LogP contribution in [0.1, 0.15) is 43.2 Å². The molecule has 3 nitrogen and oxygen atoms in total. The maximum atomic E-state index is 6.25. The highest BCUT2D eigenvalue weighted by molar-refractivity contribution is 6.03. The number of nitrogens with zero attached hydrogens (tertiary/aromatic N) is 2. The van der Waals surface area contributed by atoms with Gasteiger partial charge in [-0.05, 0) is 125 Å². The van der Waals surface area contributed by atoms with Crippen LogP contribution in [0.15, 0.2) is 114 Å². The molecule has 2 aromatic heterocycles. The molecule has 220 valence electrons. The molecule has 0 radical (unpaired) electrons. The number of rotatable bonds is 2. The van der Waals surface area contributed by atoms with E-state index in [1.165, 1.54) is 54.0 Å². The lowest BCUT2D eigenvalue weighted by Gasteiger charge is -2.64. The van der Waals surface area contributed by atoms with Crippen molar-refractivity contribution < 1.29 is 4.42 Å². The highest BCUT2D eigenvalue weighted by Gasteiger charge is 2.79. The number of benzene rings is 5. The lowest BCUT2D eigenvalue weighted by Crippen LogP contribution is -2.62. The third-order valence-corrected chi connectivity index (χ3v) is 13.2. The Morgan fingerprint density at radius 1 is 0.587 bits per heavy atom. The highest BCUT2D eigenvalue weighted by Crippen LogP contribution is 2.85. The first-order chi connectivity index (χ1) is 22.7. The molecule has 7 aromatic rings. The molecule has 3 heteroatoms. The van der Waals surface area contributed by atoms with Gasteiger partial charge in [0, 0.05) is 21.9 Å². The molecule has 4 unspecified atom stereocenters. The Kier molecular flexibility index (Phi) is 4.33. The third kappa shape index (κ3) is 2.76. The summed E-state index contributed by atoms with van der Waals surface area (Å²) in [5.41, 5.74) is 13.0. The van der Waals surface area contributed by atoms with E-state index in [1.54, 1.807) is 11.1 Å². The summed E-state index contributed by atoms with van der Waals surface area (Å²) in [6.45, 7) is 0. The van der Waals surface area contributed by atoms with E-state index in [4.69, 9.17) is 14.4 Å². The molecule has 4 saturated carbocycles. The summed E-state index contributed by atoms with van der Waals surface area (Å²) in [5, 5.41) is 3.73. The number of hydrogen-bond donors (Lipinski definition) is 0. The summed E-state index contributed by atoms with van der Waals surface area (Å²) in [6.07, 6.45) is 7.19. The van der Waals surface area contributed by atoms with Crippen molar-refractivity contribution in [1.82, 2.24) is 9.97 Å². The van der Waals surface area contributed by atoms with Gasteiger partial charge in [-0.25, -0.2) is 9.97 Å². The van der Waals surface area contributed by atoms with Gasteiger partial charge in [-0.2, -0.15) is 0 Å². The second-order valence-electron chi connectivity index (χ2n) is 15.1. The van der Waals surface area contributed by atoms with Crippen molar-refractivity contribution in [3.8, 4) is 33.6 Å². The van der Waals surface area contributed by atoms with E-state index < -0.39 is 0 Å². The van der Waals surface area contributed by atoms with Crippen molar-refractivity contribution in [3.05, 3.63) is 120 Å². The van der Waals surface area contributed by atoms with Gasteiger partial charge in [0.2, 0.25) is 5.71 Å². The minimum absolute atomic E-state index is 0.0986. The number of fused-ring (bicyclic) bond motifs is 13. The SMILES string of the molecule is c1ccc(-c2nc3oc4ccccc4c3nc2-c2ccc3c(c2)C2(c4cc5ccccc5cc4-3)C3CC4CC5CC2C3(C4)C5)cc1. The monoisotopic (exact) mass is 592 g/mol. The molecule has 3 bridgehead atoms. The van der Waals surface area contributed by atoms with Crippen molar-refractivity contribution in [2.24, 2.45) is 29.1 Å². The zero-order valence-corrected chi connectivity index (χ0v) is 25.5. The van der Waals surface area contributed by atoms with Gasteiger partial charge in [0.05, 0.1) is 5.69 Å². The largest absolute Gasteiger partial charge is 0.436 e. The predicted octanol–water partition coefficient (Wildman–Crippen LogP) is 10.6. The fraction of sp³-hybridized carbons (Fsp3) is 0.256. The molecule has 5 aromatic carbocycles. The van der Waals surface area contributed by atoms with Crippen LogP contribution < -0.4 is 0 Å². The fourth-order valence-corrected chi connectivity index (χ4v) is 12.0. The Morgan fingerprint density at radius 3 is 2.11 bits per heavy atom. The maximum Gasteiger partial charge on any atom is 0.246 e. The van der Waals surface area contributed by atoms with Crippen LogP contribution in [0.25, 0.3) is 66.6 Å². The highest BCUT2D eigenvalue weighted by atomic mass is 16.3. The molecule has 0 saturated heterocycles. The van der Waals surface area contributed by atoms with E-state index in [2.05, 4.69) is 97.1 Å². The minimum atomic E-state index is 0.0986. The zero-order chi connectivity index (χ0) is 29.8. The molecule has 5 aliphatic rings. The first kappa shape index (κ1) is 24.5. The topological polar surface area (TPSA) is 38.9 Å². The molecule has 12 rings (SSSR count). The van der Waals surface area contributed by atoms with Gasteiger partial charge in [0.15, 0.2) is 0 Å². The Balaban J connectivity index is 1.14. The molecular weight excluding hydrogens is 560 g/mol. The third-order valence-electron chi connectivity index (χ3n) is 13.2. The summed E-state index contributed by atoms with van der Waals surface area (Å²) in [6, 6.07) is 40.1. The molecule has 0 amide bonds. The van der Waals surface area contributed by atoms with Crippen LogP contribution in [-0.2, 0) is 5.41 Å². The van der Waals surface area contributed by atoms with Crippen LogP contribution in [0.5, 0.6) is 0 Å². The van der Waals surface area contributed by atoms with Crippen LogP contribution >= 0.6 is 0 Å². The minimum Gasteiger partial charge on any atom is -0.436 e. The predicted molar refractivity (Wildman–Crippen MR) is 183 cm³/mol. The maximum absolute atomic E-state index is 6.25. The average Bonchev–Trinajstić information content (AvgIpc) is 3.76. The molecule has 0 aliphatic heterocycles. The lowest BCUT2D eigenvalue weighted by molar-refractivity contribution is -0.0819. The Bertz CT molecular complexity index is 2430. The zero-order valence-electron chi connectivity index (χ0n) is 25.5. The number of para-hydroxylation sites is 1. The van der Waals surface area contributed by atoms with Crippen molar-refractivity contribution in [1.29, 1.82) is 0 Å². The summed E-state index contributed by atoms with van der Waals surface area (Å²) < 4.78 is 6.25. The molecule has 46 heavy (non-hydrogen) atoms. The smallest absolute Gasteiger partial charge is 0.246 e. The van der Waals surface area contributed by atoms with Gasteiger partial charge in [0.25, 0.3) is 0 Å². The van der Waals surface area contributed by atoms with Crippen LogP contribution in [0.3, 0.4) is 0 Å². The number of furan rings is 1. The molecule has 5 aliphatic carbocycles. The quantitative estimate of drug-likeness (QED) is 0.200. The van der Waals surface area contributed by atoms with E-state index in [-0.39, 0.29) is 5.41 Å². The van der Waals surface area contributed by atoms with Crippen molar-refractivity contribution in [2.45, 2.75) is 37.5 Å². The molecule has 4 atom stereocenters. The van der Waals surface area contributed by atoms with Gasteiger partial charge in [0.1, 0.15) is 16.8 Å². The Labute approximate surface area is 267 Å². The summed E-state index contributed by atoms with van der Waals surface area (Å²) >= 11 is 0. The van der Waals surface area contributed by atoms with Gasteiger partial charge in [-0.15, -0.1) is 0 Å². The van der Waals surface area contributed by atoms with E-state index in [1.807, 2.05) is 12.1 Å². The average molecular weight is 593 g/mol. The summed E-state index contributed by atoms with van der Waals surface area (Å²) in [4.78, 5) is 10.6. The van der Waals surface area contributed by atoms with Gasteiger partial charge >= 0.3 is 0 Å². The Hall–Kier alpha value is -4.76. The van der Waals surface area contributed by atoms with Crippen molar-refractivity contribution in [2.75, 3.05) is 0 Å². The first-order valence-corrected chi connectivity index (χ1v) is 17.1. The second kappa shape index (κ2) is 8.14. The van der Waals surface area contributed by atoms with Crippen LogP contribution in [0.2, 0.25) is 0 Å². The van der Waals surface area contributed by atoms with Gasteiger partial charge in [-0.3, -0.25) is 0 Å². The van der Waals surface area contributed by atoms with Crippen molar-refractivity contribution >= 4 is 33.0 Å². The standard InChI is InChI=1S/C43H32N2O/c1-2-8-26(9-3-1)38-39(44-40-31-12-6-7-13-35(31)46-41(40)45-38)29-14-15-30-32-19-27-10-4-5-11-28(27)20-34(32)43(33(30)21-29)36-17-24-16-25-18-37(43)42(36,22-24)23-25/h1-15,19-21,24-25,36-37H,16-18,22-23H2. The second-order valence-corrected chi connectivity index (χ2v) is 15.1. The summed E-state index contributed by atoms with van der Waals surface area (Å²) in [5.74, 6) is 3.30. The van der Waals surface area contributed by atoms with E-state index in [0.717, 1.165) is 62.7 Å². The Morgan fingerprint density at radius 2 is 1.28 bits per heavy atom. The first-order valence-electron chi connectivity index (χ1n) is 17.1.